The summed E-state index contributed by atoms with van der Waals surface area (Å²) in [6, 6.07) is 8.30. The second-order valence-corrected chi connectivity index (χ2v) is 4.33. The van der Waals surface area contributed by atoms with Crippen LogP contribution in [-0.2, 0) is 7.05 Å². The lowest BCUT2D eigenvalue weighted by Crippen LogP contribution is -2.35. The predicted molar refractivity (Wildman–Crippen MR) is 72.0 cm³/mol. The second kappa shape index (κ2) is 4.33. The first-order valence-corrected chi connectivity index (χ1v) is 5.54. The fourth-order valence-corrected chi connectivity index (χ4v) is 2.05. The largest absolute Gasteiger partial charge is 0.213 e. The highest BCUT2D eigenvalue weighted by Crippen LogP contribution is 2.25. The number of pyridine rings is 1. The number of aromatic nitrogens is 1. The molecule has 2 aromatic rings. The van der Waals surface area contributed by atoms with Crippen molar-refractivity contribution in [1.82, 2.24) is 0 Å². The quantitative estimate of drug-likeness (QED) is 0.663. The Hall–Kier alpha value is -1.63. The predicted octanol–water partition coefficient (Wildman–Crippen LogP) is 3.41. The summed E-state index contributed by atoms with van der Waals surface area (Å²) in [6.45, 7) is -0.858. The maximum absolute atomic E-state index is 7.77. The van der Waals surface area contributed by atoms with Gasteiger partial charge in [-0.15, -0.1) is 0 Å². The molecule has 0 aliphatic heterocycles. The van der Waals surface area contributed by atoms with E-state index in [0.717, 1.165) is 11.3 Å². The van der Waals surface area contributed by atoms with Crippen LogP contribution in [0.4, 0.5) is 0 Å². The van der Waals surface area contributed by atoms with Crippen molar-refractivity contribution >= 4 is 0 Å². The minimum Gasteiger partial charge on any atom is -0.199 e. The normalized spacial score (nSPS) is 17.4. The van der Waals surface area contributed by atoms with Crippen molar-refractivity contribution in [2.45, 2.75) is 27.6 Å². The number of nitrogens with zero attached hydrogens (tertiary/aromatic N) is 1. The van der Waals surface area contributed by atoms with E-state index in [1.807, 2.05) is 31.5 Å². The van der Waals surface area contributed by atoms with Crippen molar-refractivity contribution in [1.29, 1.82) is 0 Å². The van der Waals surface area contributed by atoms with E-state index >= 15 is 0 Å². The first-order valence-electron chi connectivity index (χ1n) is 8.54. The fraction of sp³-hybridized carbons (Fsp3) is 0.312. The molecule has 88 valence electrons. The van der Waals surface area contributed by atoms with Crippen molar-refractivity contribution in [2.75, 3.05) is 0 Å². The van der Waals surface area contributed by atoms with Crippen molar-refractivity contribution in [3.63, 3.8) is 0 Å². The molecule has 0 unspecified atom stereocenters. The Bertz CT molecular complexity index is 743. The zero-order valence-electron chi connectivity index (χ0n) is 16.3. The summed E-state index contributed by atoms with van der Waals surface area (Å²) < 4.78 is 48.1. The Morgan fingerprint density at radius 3 is 2.53 bits per heavy atom. The Labute approximate surface area is 112 Å². The van der Waals surface area contributed by atoms with E-state index in [1.165, 1.54) is 0 Å². The van der Waals surface area contributed by atoms with Crippen LogP contribution < -0.4 is 4.57 Å². The summed E-state index contributed by atoms with van der Waals surface area (Å²) in [5, 5.41) is 0. The molecule has 17 heavy (non-hydrogen) atoms. The number of benzene rings is 1. The topological polar surface area (TPSA) is 3.88 Å². The maximum Gasteiger partial charge on any atom is 0.213 e. The smallest absolute Gasteiger partial charge is 0.199 e. The van der Waals surface area contributed by atoms with Gasteiger partial charge in [0.25, 0.3) is 0 Å². The van der Waals surface area contributed by atoms with E-state index in [9.17, 15) is 0 Å². The van der Waals surface area contributed by atoms with Crippen LogP contribution in [0.25, 0.3) is 11.3 Å². The van der Waals surface area contributed by atoms with Crippen LogP contribution >= 0.6 is 0 Å². The van der Waals surface area contributed by atoms with E-state index in [0.29, 0.717) is 11.3 Å². The summed E-state index contributed by atoms with van der Waals surface area (Å²) in [5.74, 6) is 0. The van der Waals surface area contributed by atoms with Crippen LogP contribution in [-0.4, -0.2) is 0 Å². The Balaban J connectivity index is 2.85. The van der Waals surface area contributed by atoms with Gasteiger partial charge >= 0.3 is 0 Å². The molecule has 0 saturated heterocycles. The van der Waals surface area contributed by atoms with Crippen LogP contribution in [0.3, 0.4) is 0 Å². The average Bonchev–Trinajstić information content (AvgIpc) is 2.39. The van der Waals surface area contributed by atoms with Crippen LogP contribution in [0.2, 0.25) is 0 Å². The van der Waals surface area contributed by atoms with Crippen LogP contribution in [0, 0.1) is 27.6 Å². The second-order valence-electron chi connectivity index (χ2n) is 4.33. The molecule has 0 aliphatic rings. The SMILES string of the molecule is [2H]C([2H])([2H])c1cc(C)[n+](C)c(-c2c(C)cccc2C([2H])([2H])[2H])c1. The monoisotopic (exact) mass is 232 g/mol. The number of hydrogen-bond acceptors (Lipinski definition) is 0. The lowest BCUT2D eigenvalue weighted by Gasteiger charge is -2.10. The Morgan fingerprint density at radius 1 is 1.06 bits per heavy atom. The molecule has 2 rings (SSSR count). The summed E-state index contributed by atoms with van der Waals surface area (Å²) in [7, 11) is 1.81. The first-order chi connectivity index (χ1) is 10.4. The fourth-order valence-electron chi connectivity index (χ4n) is 2.05. The minimum atomic E-state index is -2.27. The van der Waals surface area contributed by atoms with E-state index < -0.39 is 13.7 Å². The van der Waals surface area contributed by atoms with E-state index in [2.05, 4.69) is 0 Å². The van der Waals surface area contributed by atoms with Crippen LogP contribution in [0.5, 0.6) is 0 Å². The third-order valence-electron chi connectivity index (χ3n) is 3.08. The molecule has 0 saturated carbocycles. The van der Waals surface area contributed by atoms with Gasteiger partial charge in [0.2, 0.25) is 5.69 Å². The van der Waals surface area contributed by atoms with Crippen molar-refractivity contribution in [3.05, 3.63) is 52.7 Å². The van der Waals surface area contributed by atoms with Gasteiger partial charge in [-0.25, -0.2) is 0 Å². The summed E-state index contributed by atoms with van der Waals surface area (Å²) >= 11 is 0. The van der Waals surface area contributed by atoms with Crippen molar-refractivity contribution in [2.24, 2.45) is 7.05 Å². The molecule has 0 N–H and O–H groups in total. The zero-order chi connectivity index (χ0) is 17.6. The van der Waals surface area contributed by atoms with Gasteiger partial charge in [0.1, 0.15) is 7.05 Å². The number of aryl methyl sites for hydroxylation is 4. The molecule has 0 fully saturated rings. The number of hydrogen-bond donors (Lipinski definition) is 0. The van der Waals surface area contributed by atoms with Gasteiger partial charge < -0.3 is 0 Å². The van der Waals surface area contributed by atoms with Gasteiger partial charge in [-0.05, 0) is 37.3 Å². The first kappa shape index (κ1) is 6.34. The summed E-state index contributed by atoms with van der Waals surface area (Å²) in [5.41, 5.74) is 3.17. The van der Waals surface area contributed by atoms with Gasteiger partial charge in [-0.2, -0.15) is 4.57 Å². The van der Waals surface area contributed by atoms with Gasteiger partial charge in [-0.1, -0.05) is 18.2 Å². The Kier molecular flexibility index (Phi) is 1.61. The van der Waals surface area contributed by atoms with Crippen LogP contribution in [0.1, 0.15) is 30.6 Å². The summed E-state index contributed by atoms with van der Waals surface area (Å²) in [4.78, 5) is 0. The molecule has 1 aromatic carbocycles. The molecule has 1 heterocycles. The zero-order valence-corrected chi connectivity index (χ0v) is 10.3. The standard InChI is InChI=1S/C16H20N/c1-11-9-14(4)17(5)15(10-11)16-12(2)7-6-8-13(16)3/h6-10H,1-5H3/q+1/i1D3,2D3. The van der Waals surface area contributed by atoms with Gasteiger partial charge in [0.15, 0.2) is 5.69 Å². The molecule has 0 aliphatic carbocycles. The van der Waals surface area contributed by atoms with Gasteiger partial charge in [0, 0.05) is 27.3 Å². The third kappa shape index (κ3) is 2.10. The molecule has 1 heteroatoms. The van der Waals surface area contributed by atoms with Gasteiger partial charge in [-0.3, -0.25) is 0 Å². The minimum absolute atomic E-state index is 0.211. The molecule has 1 aromatic heterocycles. The van der Waals surface area contributed by atoms with Gasteiger partial charge in [0.05, 0.1) is 5.56 Å². The number of rotatable bonds is 1. The van der Waals surface area contributed by atoms with Crippen molar-refractivity contribution in [3.8, 4) is 11.3 Å². The lowest BCUT2D eigenvalue weighted by atomic mass is 9.98. The van der Waals surface area contributed by atoms with E-state index in [1.54, 1.807) is 24.3 Å². The molecule has 0 bridgehead atoms. The molecular weight excluding hydrogens is 206 g/mol. The highest BCUT2D eigenvalue weighted by Gasteiger charge is 2.16. The molecule has 0 spiro atoms. The van der Waals surface area contributed by atoms with Crippen molar-refractivity contribution < 1.29 is 12.8 Å². The third-order valence-corrected chi connectivity index (χ3v) is 3.08. The Morgan fingerprint density at radius 2 is 1.82 bits per heavy atom. The highest BCUT2D eigenvalue weighted by molar-refractivity contribution is 5.65. The molecule has 0 radical (unpaired) electrons. The average molecular weight is 232 g/mol. The summed E-state index contributed by atoms with van der Waals surface area (Å²) in [6.07, 6.45) is 0. The highest BCUT2D eigenvalue weighted by atomic mass is 14.9. The van der Waals surface area contributed by atoms with E-state index in [4.69, 9.17) is 8.22 Å². The van der Waals surface area contributed by atoms with Crippen LogP contribution in [0.15, 0.2) is 30.3 Å². The maximum atomic E-state index is 7.77. The molecular formula is C16H20N+. The molecule has 0 amide bonds. The molecule has 1 nitrogen and oxygen atoms in total. The van der Waals surface area contributed by atoms with E-state index in [-0.39, 0.29) is 11.1 Å². The molecule has 0 atom stereocenters. The lowest BCUT2D eigenvalue weighted by molar-refractivity contribution is -0.666.